The third-order valence-corrected chi connectivity index (χ3v) is 7.78. The molecule has 0 spiro atoms. The van der Waals surface area contributed by atoms with Crippen LogP contribution in [0.25, 0.3) is 0 Å². The first kappa shape index (κ1) is 27.1. The predicted molar refractivity (Wildman–Crippen MR) is 141 cm³/mol. The normalized spacial score (nSPS) is 26.2. The largest absolute Gasteiger partial charge is 0.504 e. The summed E-state index contributed by atoms with van der Waals surface area (Å²) >= 11 is 0. The zero-order valence-electron chi connectivity index (χ0n) is 22.7. The summed E-state index contributed by atoms with van der Waals surface area (Å²) in [5, 5.41) is 23.9. The van der Waals surface area contributed by atoms with Crippen LogP contribution in [-0.4, -0.2) is 56.7 Å². The summed E-state index contributed by atoms with van der Waals surface area (Å²) in [6.45, 7) is 1.19. The molecule has 1 heterocycles. The number of hydrogen-bond acceptors (Lipinski definition) is 10. The average molecular weight is 551 g/mol. The van der Waals surface area contributed by atoms with Gasteiger partial charge in [0.05, 0.1) is 34.0 Å². The summed E-state index contributed by atoms with van der Waals surface area (Å²) < 4.78 is 34.2. The monoisotopic (exact) mass is 550 g/mol. The summed E-state index contributed by atoms with van der Waals surface area (Å²) in [5.41, 5.74) is -3.00. The molecular weight excluding hydrogens is 520 g/mol. The van der Waals surface area contributed by atoms with Crippen molar-refractivity contribution in [1.29, 1.82) is 0 Å². The Morgan fingerprint density at radius 2 is 1.60 bits per heavy atom. The van der Waals surface area contributed by atoms with Gasteiger partial charge in [0.2, 0.25) is 0 Å². The minimum Gasteiger partial charge on any atom is -0.504 e. The second-order valence-corrected chi connectivity index (χ2v) is 9.66. The number of methoxy groups -OCH3 is 4. The summed E-state index contributed by atoms with van der Waals surface area (Å²) in [7, 11) is 5.53. The van der Waals surface area contributed by atoms with Crippen LogP contribution in [0, 0.1) is 5.92 Å². The zero-order valence-corrected chi connectivity index (χ0v) is 22.7. The Labute approximate surface area is 231 Å². The molecule has 40 heavy (non-hydrogen) atoms. The second kappa shape index (κ2) is 9.95. The van der Waals surface area contributed by atoms with Gasteiger partial charge in [-0.05, 0) is 17.7 Å². The molecular formula is C30H30O10. The van der Waals surface area contributed by atoms with Crippen LogP contribution in [0.15, 0.2) is 60.7 Å². The van der Waals surface area contributed by atoms with Crippen molar-refractivity contribution >= 4 is 11.9 Å². The van der Waals surface area contributed by atoms with Crippen molar-refractivity contribution < 1.29 is 48.2 Å². The molecule has 2 aliphatic rings. The maximum Gasteiger partial charge on any atom is 0.313 e. The van der Waals surface area contributed by atoms with Gasteiger partial charge in [-0.3, -0.25) is 9.59 Å². The lowest BCUT2D eigenvalue weighted by molar-refractivity contribution is -0.185. The molecule has 10 nitrogen and oxygen atoms in total. The summed E-state index contributed by atoms with van der Waals surface area (Å²) in [6.07, 6.45) is -1.49. The highest BCUT2D eigenvalue weighted by molar-refractivity contribution is 5.79. The van der Waals surface area contributed by atoms with Gasteiger partial charge in [0.15, 0.2) is 28.8 Å². The van der Waals surface area contributed by atoms with Crippen LogP contribution in [0.1, 0.15) is 29.5 Å². The van der Waals surface area contributed by atoms with Crippen LogP contribution in [0.3, 0.4) is 0 Å². The van der Waals surface area contributed by atoms with Crippen molar-refractivity contribution in [2.75, 3.05) is 28.4 Å². The maximum absolute atomic E-state index is 13.6. The minimum absolute atomic E-state index is 0.157. The van der Waals surface area contributed by atoms with Crippen molar-refractivity contribution in [2.24, 2.45) is 5.92 Å². The van der Waals surface area contributed by atoms with E-state index in [-0.39, 0.29) is 28.6 Å². The standard InChI is InChI=1S/C30H30O10/c1-16(31)39-27-24(28(33)38-5)25(17-9-7-6-8-10-17)30(18-11-12-21(36-3)20(32)13-18)29(27,34)26-22(37-4)14-19(35-2)15-23(26)40-30/h6-15,24-25,27,32,34H,1-5H3/t24-,25-,27-,29+,30+/m1/s1. The molecule has 0 saturated heterocycles. The van der Waals surface area contributed by atoms with Gasteiger partial charge in [-0.1, -0.05) is 36.4 Å². The van der Waals surface area contributed by atoms with Crippen LogP contribution >= 0.6 is 0 Å². The van der Waals surface area contributed by atoms with Crippen LogP contribution in [0.4, 0.5) is 0 Å². The number of carbonyl (C=O) groups excluding carboxylic acids is 2. The van der Waals surface area contributed by atoms with Crippen molar-refractivity contribution in [3.05, 3.63) is 77.4 Å². The number of carbonyl (C=O) groups is 2. The van der Waals surface area contributed by atoms with Gasteiger partial charge in [-0.15, -0.1) is 0 Å². The Morgan fingerprint density at radius 3 is 2.17 bits per heavy atom. The van der Waals surface area contributed by atoms with Gasteiger partial charge < -0.3 is 38.6 Å². The molecule has 0 aromatic heterocycles. The first-order chi connectivity index (χ1) is 19.2. The quantitative estimate of drug-likeness (QED) is 0.422. The first-order valence-corrected chi connectivity index (χ1v) is 12.5. The number of benzene rings is 3. The number of fused-ring (bicyclic) bond motifs is 3. The van der Waals surface area contributed by atoms with E-state index >= 15 is 0 Å². The highest BCUT2D eigenvalue weighted by Crippen LogP contribution is 2.71. The molecule has 0 amide bonds. The van der Waals surface area contributed by atoms with E-state index < -0.39 is 41.1 Å². The number of rotatable bonds is 7. The van der Waals surface area contributed by atoms with Crippen LogP contribution in [-0.2, 0) is 30.3 Å². The Hall–Kier alpha value is -4.44. The van der Waals surface area contributed by atoms with Crippen LogP contribution in [0.2, 0.25) is 0 Å². The molecule has 3 aromatic rings. The molecule has 0 bridgehead atoms. The van der Waals surface area contributed by atoms with E-state index in [2.05, 4.69) is 0 Å². The molecule has 2 N–H and O–H groups in total. The molecule has 5 rings (SSSR count). The molecule has 0 radical (unpaired) electrons. The van der Waals surface area contributed by atoms with Gasteiger partial charge in [-0.2, -0.15) is 0 Å². The number of aromatic hydroxyl groups is 1. The summed E-state index contributed by atoms with van der Waals surface area (Å²) in [6, 6.07) is 16.6. The second-order valence-electron chi connectivity index (χ2n) is 9.66. The number of ether oxygens (including phenoxy) is 6. The molecule has 1 aliphatic heterocycles. The van der Waals surface area contributed by atoms with Gasteiger partial charge in [0.1, 0.15) is 23.2 Å². The average Bonchev–Trinajstić information content (AvgIpc) is 3.34. The highest BCUT2D eigenvalue weighted by atomic mass is 16.6. The van der Waals surface area contributed by atoms with Crippen LogP contribution < -0.4 is 18.9 Å². The summed E-state index contributed by atoms with van der Waals surface area (Å²) in [4.78, 5) is 26.1. The lowest BCUT2D eigenvalue weighted by atomic mass is 9.70. The third-order valence-electron chi connectivity index (χ3n) is 7.78. The van der Waals surface area contributed by atoms with E-state index in [4.69, 9.17) is 28.4 Å². The Morgan fingerprint density at radius 1 is 0.900 bits per heavy atom. The maximum atomic E-state index is 13.6. The lowest BCUT2D eigenvalue weighted by Crippen LogP contribution is -2.53. The lowest BCUT2D eigenvalue weighted by Gasteiger charge is -2.41. The molecule has 1 saturated carbocycles. The fourth-order valence-electron chi connectivity index (χ4n) is 6.29. The van der Waals surface area contributed by atoms with Gasteiger partial charge in [-0.25, -0.2) is 0 Å². The third kappa shape index (κ3) is 3.66. The molecule has 10 heteroatoms. The number of esters is 2. The Kier molecular flexibility index (Phi) is 6.75. The summed E-state index contributed by atoms with van der Waals surface area (Å²) in [5.74, 6) is -2.94. The van der Waals surface area contributed by atoms with Crippen molar-refractivity contribution in [1.82, 2.24) is 0 Å². The van der Waals surface area contributed by atoms with E-state index in [9.17, 15) is 19.8 Å². The van der Waals surface area contributed by atoms with Gasteiger partial charge in [0.25, 0.3) is 0 Å². The van der Waals surface area contributed by atoms with Crippen LogP contribution in [0.5, 0.6) is 28.7 Å². The zero-order chi connectivity index (χ0) is 28.8. The molecule has 5 atom stereocenters. The fourth-order valence-corrected chi connectivity index (χ4v) is 6.29. The van der Waals surface area contributed by atoms with E-state index in [0.717, 1.165) is 0 Å². The van der Waals surface area contributed by atoms with Crippen molar-refractivity contribution in [3.8, 4) is 28.7 Å². The molecule has 1 aliphatic carbocycles. The predicted octanol–water partition coefficient (Wildman–Crippen LogP) is 3.41. The highest BCUT2D eigenvalue weighted by Gasteiger charge is 2.80. The van der Waals surface area contributed by atoms with E-state index in [1.165, 1.54) is 47.5 Å². The molecule has 210 valence electrons. The SMILES string of the molecule is COC(=O)[C@H]1[C@@H](OC(C)=O)[C@@]2(O)c3c(OC)cc(OC)cc3O[C@@]2(c2ccc(OC)c(O)c2)[C@@H]1c1ccccc1. The Bertz CT molecular complexity index is 1450. The smallest absolute Gasteiger partial charge is 0.313 e. The van der Waals surface area contributed by atoms with E-state index in [1.54, 1.807) is 42.5 Å². The number of hydrogen-bond donors (Lipinski definition) is 2. The molecule has 1 fully saturated rings. The van der Waals surface area contributed by atoms with E-state index in [1.807, 2.05) is 6.07 Å². The fraction of sp³-hybridized carbons (Fsp3) is 0.333. The van der Waals surface area contributed by atoms with Crippen molar-refractivity contribution in [2.45, 2.75) is 30.1 Å². The minimum atomic E-state index is -2.22. The number of phenolic OH excluding ortho intramolecular Hbond substituents is 1. The molecule has 0 unspecified atom stereocenters. The first-order valence-electron chi connectivity index (χ1n) is 12.5. The van der Waals surface area contributed by atoms with Gasteiger partial charge in [0, 0.05) is 30.5 Å². The number of phenols is 1. The number of aliphatic hydroxyl groups is 1. The van der Waals surface area contributed by atoms with Crippen molar-refractivity contribution in [3.63, 3.8) is 0 Å². The Balaban J connectivity index is 1.95. The topological polar surface area (TPSA) is 130 Å². The van der Waals surface area contributed by atoms with Gasteiger partial charge >= 0.3 is 11.9 Å². The van der Waals surface area contributed by atoms with E-state index in [0.29, 0.717) is 16.9 Å². The molecule has 3 aromatic carbocycles.